The molecule has 1 saturated heterocycles. The van der Waals surface area contributed by atoms with Gasteiger partial charge in [0.2, 0.25) is 0 Å². The standard InChI is InChI=1S/C16H26N4O2/c1-20(14-5-8-21-9-6-14)7-10-22-15-4-2-3-13(11-15)12-19-16(17)18/h2-4,11,14H,5-10,12H2,1H3,(H4,17,18,19). The number of guanidine groups is 1. The van der Waals surface area contributed by atoms with Gasteiger partial charge in [0.1, 0.15) is 12.4 Å². The third-order valence-corrected chi connectivity index (χ3v) is 3.87. The van der Waals surface area contributed by atoms with Crippen molar-refractivity contribution in [3.8, 4) is 5.75 Å². The molecule has 1 aliphatic rings. The van der Waals surface area contributed by atoms with Gasteiger partial charge in [-0.05, 0) is 37.6 Å². The molecule has 6 nitrogen and oxygen atoms in total. The van der Waals surface area contributed by atoms with Crippen molar-refractivity contribution in [2.24, 2.45) is 16.5 Å². The van der Waals surface area contributed by atoms with E-state index in [0.717, 1.165) is 43.9 Å². The highest BCUT2D eigenvalue weighted by Crippen LogP contribution is 2.15. The van der Waals surface area contributed by atoms with Crippen molar-refractivity contribution in [1.29, 1.82) is 0 Å². The third-order valence-electron chi connectivity index (χ3n) is 3.87. The van der Waals surface area contributed by atoms with Gasteiger partial charge >= 0.3 is 0 Å². The monoisotopic (exact) mass is 306 g/mol. The number of ether oxygens (including phenoxy) is 2. The molecule has 1 fully saturated rings. The predicted octanol–water partition coefficient (Wildman–Crippen LogP) is 0.950. The zero-order valence-corrected chi connectivity index (χ0v) is 13.2. The van der Waals surface area contributed by atoms with Crippen LogP contribution in [-0.2, 0) is 11.3 Å². The number of aliphatic imine (C=N–C) groups is 1. The molecule has 1 aromatic rings. The Morgan fingerprint density at radius 3 is 2.86 bits per heavy atom. The molecule has 0 aliphatic carbocycles. The van der Waals surface area contributed by atoms with Crippen LogP contribution in [0.3, 0.4) is 0 Å². The van der Waals surface area contributed by atoms with Gasteiger partial charge in [0, 0.05) is 25.8 Å². The second-order valence-electron chi connectivity index (χ2n) is 5.56. The third kappa shape index (κ3) is 5.54. The molecule has 0 atom stereocenters. The second-order valence-corrected chi connectivity index (χ2v) is 5.56. The average Bonchev–Trinajstić information content (AvgIpc) is 2.54. The highest BCUT2D eigenvalue weighted by atomic mass is 16.5. The number of hydrogen-bond acceptors (Lipinski definition) is 4. The van der Waals surface area contributed by atoms with Crippen molar-refractivity contribution in [3.05, 3.63) is 29.8 Å². The molecule has 4 N–H and O–H groups in total. The molecule has 1 aromatic carbocycles. The van der Waals surface area contributed by atoms with Gasteiger partial charge in [0.25, 0.3) is 0 Å². The number of nitrogens with zero attached hydrogens (tertiary/aromatic N) is 2. The van der Waals surface area contributed by atoms with E-state index in [2.05, 4.69) is 16.9 Å². The Morgan fingerprint density at radius 1 is 1.36 bits per heavy atom. The normalized spacial score (nSPS) is 15.7. The first-order valence-corrected chi connectivity index (χ1v) is 7.70. The summed E-state index contributed by atoms with van der Waals surface area (Å²) in [6, 6.07) is 8.46. The fourth-order valence-corrected chi connectivity index (χ4v) is 2.53. The zero-order chi connectivity index (χ0) is 15.8. The maximum Gasteiger partial charge on any atom is 0.186 e. The molecule has 0 aromatic heterocycles. The summed E-state index contributed by atoms with van der Waals surface area (Å²) in [5, 5.41) is 0. The molecule has 0 amide bonds. The largest absolute Gasteiger partial charge is 0.492 e. The van der Waals surface area contributed by atoms with Gasteiger partial charge in [0.15, 0.2) is 5.96 Å². The van der Waals surface area contributed by atoms with E-state index in [0.29, 0.717) is 19.2 Å². The summed E-state index contributed by atoms with van der Waals surface area (Å²) in [6.07, 6.45) is 2.20. The van der Waals surface area contributed by atoms with Gasteiger partial charge < -0.3 is 20.9 Å². The lowest BCUT2D eigenvalue weighted by atomic mass is 10.1. The minimum atomic E-state index is 0.101. The van der Waals surface area contributed by atoms with Gasteiger partial charge in [-0.2, -0.15) is 0 Å². The molecule has 2 rings (SSSR count). The van der Waals surface area contributed by atoms with Crippen molar-refractivity contribution >= 4 is 5.96 Å². The van der Waals surface area contributed by atoms with Gasteiger partial charge in [0.05, 0.1) is 6.54 Å². The molecule has 0 unspecified atom stereocenters. The van der Waals surface area contributed by atoms with Crippen molar-refractivity contribution in [1.82, 2.24) is 4.90 Å². The molecular weight excluding hydrogens is 280 g/mol. The summed E-state index contributed by atoms with van der Waals surface area (Å²) in [4.78, 5) is 6.36. The molecule has 22 heavy (non-hydrogen) atoms. The quantitative estimate of drug-likeness (QED) is 0.578. The molecule has 1 aliphatic heterocycles. The Kier molecular flexibility index (Phi) is 6.48. The summed E-state index contributed by atoms with van der Waals surface area (Å²) < 4.78 is 11.2. The summed E-state index contributed by atoms with van der Waals surface area (Å²) in [5.41, 5.74) is 11.7. The topological polar surface area (TPSA) is 86.1 Å². The van der Waals surface area contributed by atoms with E-state index >= 15 is 0 Å². The van der Waals surface area contributed by atoms with Crippen LogP contribution in [-0.4, -0.2) is 50.3 Å². The SMILES string of the molecule is CN(CCOc1cccc(CN=C(N)N)c1)C1CCOCC1. The lowest BCUT2D eigenvalue weighted by Gasteiger charge is -2.31. The van der Waals surface area contributed by atoms with E-state index in [9.17, 15) is 0 Å². The van der Waals surface area contributed by atoms with Gasteiger partial charge in [-0.25, -0.2) is 4.99 Å². The van der Waals surface area contributed by atoms with Crippen LogP contribution in [0.15, 0.2) is 29.3 Å². The molecule has 6 heteroatoms. The van der Waals surface area contributed by atoms with E-state index in [1.54, 1.807) is 0 Å². The Bertz CT molecular complexity index is 483. The molecule has 0 bridgehead atoms. The summed E-state index contributed by atoms with van der Waals surface area (Å²) >= 11 is 0. The van der Waals surface area contributed by atoms with Crippen LogP contribution < -0.4 is 16.2 Å². The number of likely N-dealkylation sites (N-methyl/N-ethyl adjacent to an activating group) is 1. The van der Waals surface area contributed by atoms with Crippen LogP contribution in [0.2, 0.25) is 0 Å². The second kappa shape index (κ2) is 8.60. The predicted molar refractivity (Wildman–Crippen MR) is 87.9 cm³/mol. The smallest absolute Gasteiger partial charge is 0.186 e. The van der Waals surface area contributed by atoms with Crippen LogP contribution in [0.5, 0.6) is 5.75 Å². The molecule has 122 valence electrons. The Balaban J connectivity index is 1.76. The van der Waals surface area contributed by atoms with Crippen molar-refractivity contribution in [2.45, 2.75) is 25.4 Å². The molecule has 0 radical (unpaired) electrons. The zero-order valence-electron chi connectivity index (χ0n) is 13.2. The fraction of sp³-hybridized carbons (Fsp3) is 0.562. The first kappa shape index (κ1) is 16.6. The average molecular weight is 306 g/mol. The summed E-state index contributed by atoms with van der Waals surface area (Å²) in [5.74, 6) is 0.952. The lowest BCUT2D eigenvalue weighted by molar-refractivity contribution is 0.0392. The van der Waals surface area contributed by atoms with Crippen LogP contribution >= 0.6 is 0 Å². The van der Waals surface area contributed by atoms with E-state index in [4.69, 9.17) is 20.9 Å². The van der Waals surface area contributed by atoms with Crippen LogP contribution in [0.1, 0.15) is 18.4 Å². The van der Waals surface area contributed by atoms with E-state index < -0.39 is 0 Å². The first-order valence-electron chi connectivity index (χ1n) is 7.70. The Morgan fingerprint density at radius 2 is 2.14 bits per heavy atom. The van der Waals surface area contributed by atoms with Gasteiger partial charge in [-0.1, -0.05) is 12.1 Å². The van der Waals surface area contributed by atoms with Crippen molar-refractivity contribution in [2.75, 3.05) is 33.4 Å². The van der Waals surface area contributed by atoms with Crippen LogP contribution in [0.25, 0.3) is 0 Å². The molecule has 0 spiro atoms. The number of rotatable bonds is 7. The highest BCUT2D eigenvalue weighted by molar-refractivity contribution is 5.75. The van der Waals surface area contributed by atoms with E-state index in [1.165, 1.54) is 0 Å². The Labute approximate surface area is 132 Å². The highest BCUT2D eigenvalue weighted by Gasteiger charge is 2.17. The van der Waals surface area contributed by atoms with E-state index in [-0.39, 0.29) is 5.96 Å². The minimum Gasteiger partial charge on any atom is -0.492 e. The number of hydrogen-bond donors (Lipinski definition) is 2. The Hall–Kier alpha value is -1.79. The number of nitrogens with two attached hydrogens (primary N) is 2. The lowest BCUT2D eigenvalue weighted by Crippen LogP contribution is -2.38. The minimum absolute atomic E-state index is 0.101. The molecular formula is C16H26N4O2. The van der Waals surface area contributed by atoms with Crippen molar-refractivity contribution < 1.29 is 9.47 Å². The van der Waals surface area contributed by atoms with Gasteiger partial charge in [-0.15, -0.1) is 0 Å². The fourth-order valence-electron chi connectivity index (χ4n) is 2.53. The molecule has 1 heterocycles. The summed E-state index contributed by atoms with van der Waals surface area (Å²) in [6.45, 7) is 3.77. The van der Waals surface area contributed by atoms with Crippen LogP contribution in [0, 0.1) is 0 Å². The van der Waals surface area contributed by atoms with Crippen molar-refractivity contribution in [3.63, 3.8) is 0 Å². The molecule has 0 saturated carbocycles. The van der Waals surface area contributed by atoms with Crippen LogP contribution in [0.4, 0.5) is 0 Å². The van der Waals surface area contributed by atoms with E-state index in [1.807, 2.05) is 24.3 Å². The maximum atomic E-state index is 5.83. The van der Waals surface area contributed by atoms with Gasteiger partial charge in [-0.3, -0.25) is 4.90 Å². The summed E-state index contributed by atoms with van der Waals surface area (Å²) in [7, 11) is 2.15. The first-order chi connectivity index (χ1) is 10.6. The number of benzene rings is 1. The maximum absolute atomic E-state index is 5.83.